The molecule has 0 bridgehead atoms. The van der Waals surface area contributed by atoms with Crippen LogP contribution >= 0.6 is 15.9 Å². The van der Waals surface area contributed by atoms with Crippen molar-refractivity contribution in [3.63, 3.8) is 0 Å². The van der Waals surface area contributed by atoms with Crippen LogP contribution in [0.4, 0.5) is 15.8 Å². The molecule has 0 amide bonds. The summed E-state index contributed by atoms with van der Waals surface area (Å²) in [7, 11) is 0. The highest BCUT2D eigenvalue weighted by atomic mass is 79.9. The van der Waals surface area contributed by atoms with Crippen LogP contribution in [-0.2, 0) is 6.42 Å². The number of hydrogen-bond donors (Lipinski definition) is 1. The number of nitrogens with zero attached hydrogens (tertiary/aromatic N) is 1. The van der Waals surface area contributed by atoms with Crippen LogP contribution in [0.2, 0.25) is 0 Å². The Labute approximate surface area is 126 Å². The second-order valence-corrected chi connectivity index (χ2v) is 5.91. The van der Waals surface area contributed by atoms with E-state index in [1.165, 1.54) is 11.6 Å². The Morgan fingerprint density at radius 2 is 2.05 bits per heavy atom. The molecule has 104 valence electrons. The molecule has 0 fully saturated rings. The van der Waals surface area contributed by atoms with Crippen LogP contribution in [0.1, 0.15) is 24.2 Å². The number of hydrogen-bond acceptors (Lipinski definition) is 2. The van der Waals surface area contributed by atoms with E-state index in [-0.39, 0.29) is 5.82 Å². The van der Waals surface area contributed by atoms with Gasteiger partial charge in [0.15, 0.2) is 0 Å². The topological polar surface area (TPSA) is 23.5 Å². The third-order valence-corrected chi connectivity index (χ3v) is 4.38. The standard InChI is InChI=1S/C16H15BrFNO/c1-10(20)14-5-4-13(9-15(14)17)19-7-6-11-2-3-12(18)8-16(11)19/h2-5,8-10,20H,6-7H2,1H3/t10-/m1/s1. The maximum Gasteiger partial charge on any atom is 0.125 e. The van der Waals surface area contributed by atoms with E-state index < -0.39 is 6.10 Å². The molecule has 0 unspecified atom stereocenters. The van der Waals surface area contributed by atoms with Crippen molar-refractivity contribution < 1.29 is 9.50 Å². The highest BCUT2D eigenvalue weighted by Gasteiger charge is 2.21. The van der Waals surface area contributed by atoms with E-state index in [0.717, 1.165) is 34.4 Å². The van der Waals surface area contributed by atoms with Gasteiger partial charge in [0.1, 0.15) is 5.82 Å². The van der Waals surface area contributed by atoms with E-state index in [2.05, 4.69) is 20.8 Å². The Morgan fingerprint density at radius 3 is 2.75 bits per heavy atom. The molecular formula is C16H15BrFNO. The molecule has 20 heavy (non-hydrogen) atoms. The van der Waals surface area contributed by atoms with Gasteiger partial charge < -0.3 is 10.0 Å². The maximum atomic E-state index is 13.4. The van der Waals surface area contributed by atoms with Crippen molar-refractivity contribution in [2.24, 2.45) is 0 Å². The second-order valence-electron chi connectivity index (χ2n) is 5.06. The van der Waals surface area contributed by atoms with E-state index in [1.54, 1.807) is 13.0 Å². The zero-order valence-corrected chi connectivity index (χ0v) is 12.7. The largest absolute Gasteiger partial charge is 0.389 e. The number of anilines is 2. The Hall–Kier alpha value is -1.39. The fourth-order valence-electron chi connectivity index (χ4n) is 2.64. The SMILES string of the molecule is C[C@@H](O)c1ccc(N2CCc3ccc(F)cc32)cc1Br. The molecule has 4 heteroatoms. The predicted octanol–water partition coefficient (Wildman–Crippen LogP) is 4.34. The van der Waals surface area contributed by atoms with E-state index in [1.807, 2.05) is 24.3 Å². The first-order chi connectivity index (χ1) is 9.56. The van der Waals surface area contributed by atoms with Crippen molar-refractivity contribution >= 4 is 27.3 Å². The minimum Gasteiger partial charge on any atom is -0.389 e. The van der Waals surface area contributed by atoms with Crippen LogP contribution in [0.5, 0.6) is 0 Å². The molecule has 2 nitrogen and oxygen atoms in total. The molecule has 0 saturated carbocycles. The van der Waals surface area contributed by atoms with Gasteiger partial charge in [-0.05, 0) is 48.7 Å². The van der Waals surface area contributed by atoms with E-state index in [0.29, 0.717) is 0 Å². The van der Waals surface area contributed by atoms with Gasteiger partial charge in [0.05, 0.1) is 6.10 Å². The smallest absolute Gasteiger partial charge is 0.125 e. The second kappa shape index (κ2) is 5.19. The lowest BCUT2D eigenvalue weighted by Crippen LogP contribution is -2.13. The van der Waals surface area contributed by atoms with Gasteiger partial charge in [0.25, 0.3) is 0 Å². The van der Waals surface area contributed by atoms with Gasteiger partial charge in [-0.1, -0.05) is 28.1 Å². The van der Waals surface area contributed by atoms with Crippen molar-refractivity contribution in [1.29, 1.82) is 0 Å². The van der Waals surface area contributed by atoms with Crippen molar-refractivity contribution in [2.45, 2.75) is 19.4 Å². The summed E-state index contributed by atoms with van der Waals surface area (Å²) in [6.45, 7) is 2.58. The predicted molar refractivity (Wildman–Crippen MR) is 81.9 cm³/mol. The maximum absolute atomic E-state index is 13.4. The lowest BCUT2D eigenvalue weighted by Gasteiger charge is -2.21. The Bertz CT molecular complexity index is 657. The van der Waals surface area contributed by atoms with Crippen molar-refractivity contribution in [2.75, 3.05) is 11.4 Å². The Balaban J connectivity index is 2.00. The first-order valence-electron chi connectivity index (χ1n) is 6.60. The summed E-state index contributed by atoms with van der Waals surface area (Å²) in [5, 5.41) is 9.66. The molecule has 0 spiro atoms. The summed E-state index contributed by atoms with van der Waals surface area (Å²) >= 11 is 3.49. The molecule has 2 aromatic rings. The minimum absolute atomic E-state index is 0.213. The number of fused-ring (bicyclic) bond motifs is 1. The highest BCUT2D eigenvalue weighted by molar-refractivity contribution is 9.10. The average molecular weight is 336 g/mol. The lowest BCUT2D eigenvalue weighted by atomic mass is 10.1. The minimum atomic E-state index is -0.512. The fourth-order valence-corrected chi connectivity index (χ4v) is 3.34. The van der Waals surface area contributed by atoms with Gasteiger partial charge in [-0.3, -0.25) is 0 Å². The molecule has 3 rings (SSSR count). The van der Waals surface area contributed by atoms with Gasteiger partial charge >= 0.3 is 0 Å². The van der Waals surface area contributed by atoms with Crippen molar-refractivity contribution in [1.82, 2.24) is 0 Å². The van der Waals surface area contributed by atoms with Crippen LogP contribution in [0.25, 0.3) is 0 Å². The van der Waals surface area contributed by atoms with Crippen LogP contribution < -0.4 is 4.90 Å². The van der Waals surface area contributed by atoms with Crippen molar-refractivity contribution in [3.05, 3.63) is 57.8 Å². The zero-order valence-electron chi connectivity index (χ0n) is 11.1. The first-order valence-corrected chi connectivity index (χ1v) is 7.39. The quantitative estimate of drug-likeness (QED) is 0.882. The first kappa shape index (κ1) is 13.6. The van der Waals surface area contributed by atoms with Crippen molar-refractivity contribution in [3.8, 4) is 0 Å². The van der Waals surface area contributed by atoms with Crippen LogP contribution in [0.15, 0.2) is 40.9 Å². The number of halogens is 2. The third kappa shape index (κ3) is 2.34. The monoisotopic (exact) mass is 335 g/mol. The number of rotatable bonds is 2. The van der Waals surface area contributed by atoms with Gasteiger partial charge in [-0.15, -0.1) is 0 Å². The summed E-state index contributed by atoms with van der Waals surface area (Å²) in [6, 6.07) is 10.8. The Kier molecular flexibility index (Phi) is 3.52. The molecule has 0 aliphatic carbocycles. The zero-order chi connectivity index (χ0) is 14.3. The fraction of sp³-hybridized carbons (Fsp3) is 0.250. The van der Waals surface area contributed by atoms with Gasteiger partial charge in [-0.2, -0.15) is 0 Å². The molecule has 0 saturated heterocycles. The van der Waals surface area contributed by atoms with Gasteiger partial charge in [0.2, 0.25) is 0 Å². The molecule has 1 aliphatic heterocycles. The summed E-state index contributed by atoms with van der Waals surface area (Å²) in [5.41, 5.74) is 3.96. The Morgan fingerprint density at radius 1 is 1.25 bits per heavy atom. The molecule has 1 aliphatic rings. The summed E-state index contributed by atoms with van der Waals surface area (Å²) in [4.78, 5) is 2.11. The third-order valence-electron chi connectivity index (χ3n) is 3.69. The van der Waals surface area contributed by atoms with Crippen LogP contribution in [0, 0.1) is 5.82 Å². The molecule has 1 N–H and O–H groups in total. The molecule has 0 aromatic heterocycles. The highest BCUT2D eigenvalue weighted by Crippen LogP contribution is 2.37. The molecule has 2 aromatic carbocycles. The lowest BCUT2D eigenvalue weighted by molar-refractivity contribution is 0.198. The molecule has 1 heterocycles. The number of aliphatic hydroxyl groups is 1. The van der Waals surface area contributed by atoms with Crippen LogP contribution in [0.3, 0.4) is 0 Å². The van der Waals surface area contributed by atoms with Crippen LogP contribution in [-0.4, -0.2) is 11.7 Å². The summed E-state index contributed by atoms with van der Waals surface area (Å²) < 4.78 is 14.3. The summed E-state index contributed by atoms with van der Waals surface area (Å²) in [6.07, 6.45) is 0.410. The average Bonchev–Trinajstić information content (AvgIpc) is 2.81. The molecule has 1 atom stereocenters. The van der Waals surface area contributed by atoms with E-state index in [4.69, 9.17) is 0 Å². The number of benzene rings is 2. The van der Waals surface area contributed by atoms with Gasteiger partial charge in [-0.25, -0.2) is 4.39 Å². The molecular weight excluding hydrogens is 321 g/mol. The normalized spacial score (nSPS) is 15.3. The van der Waals surface area contributed by atoms with E-state index in [9.17, 15) is 9.50 Å². The summed E-state index contributed by atoms with van der Waals surface area (Å²) in [5.74, 6) is -0.213. The van der Waals surface area contributed by atoms with E-state index >= 15 is 0 Å². The molecule has 0 radical (unpaired) electrons. The van der Waals surface area contributed by atoms with Gasteiger partial charge in [0, 0.05) is 22.4 Å². The number of aliphatic hydroxyl groups excluding tert-OH is 1.